The summed E-state index contributed by atoms with van der Waals surface area (Å²) in [5, 5.41) is 23.4. The van der Waals surface area contributed by atoms with E-state index >= 15 is 0 Å². The van der Waals surface area contributed by atoms with E-state index in [9.17, 15) is 24.8 Å². The number of carbonyl (C=O) groups is 1. The number of nitrogens with zero attached hydrogens (tertiary/aromatic N) is 4. The summed E-state index contributed by atoms with van der Waals surface area (Å²) in [5.41, 5.74) is -0.450. The Kier molecular flexibility index (Phi) is 3.77. The highest BCUT2D eigenvalue weighted by Crippen LogP contribution is 2.44. The monoisotopic (exact) mass is 440 g/mol. The molecule has 4 aromatic rings. The van der Waals surface area contributed by atoms with Crippen LogP contribution in [0.3, 0.4) is 0 Å². The molecule has 33 heavy (non-hydrogen) atoms. The third-order valence-corrected chi connectivity index (χ3v) is 6.50. The van der Waals surface area contributed by atoms with Crippen LogP contribution in [0, 0.1) is 10.1 Å². The van der Waals surface area contributed by atoms with Gasteiger partial charge < -0.3 is 5.11 Å². The van der Waals surface area contributed by atoms with Gasteiger partial charge in [-0.2, -0.15) is 0 Å². The Morgan fingerprint density at radius 3 is 2.45 bits per heavy atom. The van der Waals surface area contributed by atoms with Crippen molar-refractivity contribution in [2.45, 2.75) is 12.0 Å². The van der Waals surface area contributed by atoms with Gasteiger partial charge in [-0.25, -0.2) is 9.36 Å². The molecule has 2 bridgehead atoms. The topological polar surface area (TPSA) is 120 Å². The average molecular weight is 440 g/mol. The molecule has 3 aromatic carbocycles. The van der Waals surface area contributed by atoms with E-state index in [4.69, 9.17) is 0 Å². The maximum absolute atomic E-state index is 13.7. The summed E-state index contributed by atoms with van der Waals surface area (Å²) >= 11 is 0. The minimum Gasteiger partial charge on any atom is -0.493 e. The normalized spacial score (nSPS) is 18.4. The molecule has 2 aliphatic heterocycles. The largest absolute Gasteiger partial charge is 0.493 e. The number of ketones is 1. The molecule has 0 saturated carbocycles. The number of hydrogen-bond acceptors (Lipinski definition) is 6. The zero-order valence-corrected chi connectivity index (χ0v) is 17.1. The second-order valence-corrected chi connectivity index (χ2v) is 8.20. The number of nitro groups is 1. The Hall–Kier alpha value is -4.53. The number of Topliss-reactive ketones (excluding diaryl/α,β-unsaturated/α-hetero) is 1. The van der Waals surface area contributed by atoms with Crippen molar-refractivity contribution in [1.82, 2.24) is 9.13 Å². The van der Waals surface area contributed by atoms with Gasteiger partial charge in [-0.1, -0.05) is 48.5 Å². The highest BCUT2D eigenvalue weighted by molar-refractivity contribution is 6.14. The first-order valence-corrected chi connectivity index (χ1v) is 10.3. The predicted molar refractivity (Wildman–Crippen MR) is 121 cm³/mol. The van der Waals surface area contributed by atoms with Gasteiger partial charge in [0.2, 0.25) is 5.88 Å². The van der Waals surface area contributed by atoms with Gasteiger partial charge in [-0.3, -0.25) is 24.5 Å². The van der Waals surface area contributed by atoms with E-state index in [1.54, 1.807) is 54.6 Å². The molecular weight excluding hydrogens is 424 g/mol. The van der Waals surface area contributed by atoms with Gasteiger partial charge in [0.15, 0.2) is 5.78 Å². The van der Waals surface area contributed by atoms with Crippen molar-refractivity contribution in [1.29, 1.82) is 0 Å². The van der Waals surface area contributed by atoms with E-state index in [2.05, 4.69) is 4.99 Å². The van der Waals surface area contributed by atoms with E-state index < -0.39 is 16.2 Å². The molecule has 1 N–H and O–H groups in total. The lowest BCUT2D eigenvalue weighted by Crippen LogP contribution is -2.47. The molecule has 9 heteroatoms. The lowest BCUT2D eigenvalue weighted by Gasteiger charge is -2.25. The number of aliphatic imine (C=N–C) groups is 1. The van der Waals surface area contributed by atoms with Gasteiger partial charge in [0.1, 0.15) is 11.2 Å². The van der Waals surface area contributed by atoms with Crippen LogP contribution in [0.4, 0.5) is 5.69 Å². The van der Waals surface area contributed by atoms with E-state index in [1.807, 2.05) is 0 Å². The van der Waals surface area contributed by atoms with Gasteiger partial charge in [-0.15, -0.1) is 0 Å². The van der Waals surface area contributed by atoms with Gasteiger partial charge >= 0.3 is 5.69 Å². The summed E-state index contributed by atoms with van der Waals surface area (Å²) in [6.45, 7) is 0.118. The minimum atomic E-state index is -1.23. The first-order chi connectivity index (χ1) is 15.9. The molecule has 2 aliphatic rings. The number of benzene rings is 3. The summed E-state index contributed by atoms with van der Waals surface area (Å²) < 4.78 is 2.45. The molecule has 9 nitrogen and oxygen atoms in total. The first-order valence-electron chi connectivity index (χ1n) is 10.3. The van der Waals surface area contributed by atoms with Crippen molar-refractivity contribution >= 4 is 28.0 Å². The quantitative estimate of drug-likeness (QED) is 0.297. The number of nitro benzene ring substituents is 1. The molecule has 0 amide bonds. The lowest BCUT2D eigenvalue weighted by molar-refractivity contribution is -0.383. The molecule has 162 valence electrons. The zero-order chi connectivity index (χ0) is 22.9. The van der Waals surface area contributed by atoms with E-state index in [0.717, 1.165) is 4.57 Å². The number of aromatic hydroxyl groups is 1. The SMILES string of the molecule is O=C(c1ccccc1)C12CN=C(C1)c1c(O)n(-c3ccc([N+](=O)[O-])c4ccccc34)c(=O)n12. The summed E-state index contributed by atoms with van der Waals surface area (Å²) in [5.74, 6) is -0.575. The Morgan fingerprint density at radius 1 is 1.03 bits per heavy atom. The predicted octanol–water partition coefficient (Wildman–Crippen LogP) is 3.19. The fraction of sp³-hybridized carbons (Fsp3) is 0.125. The number of imidazole rings is 1. The minimum absolute atomic E-state index is 0.103. The standard InChI is InChI=1S/C24H16N4O5/c29-21(14-6-2-1-3-7-14)24-12-17(25-13-24)20-22(30)26(23(31)27(20)24)18-10-11-19(28(32)33)16-9-5-4-8-15(16)18/h1-11,30H,12-13H2. The molecule has 1 unspecified atom stereocenters. The highest BCUT2D eigenvalue weighted by Gasteiger charge is 2.55. The zero-order valence-electron chi connectivity index (χ0n) is 17.1. The summed E-state index contributed by atoms with van der Waals surface area (Å²) in [6, 6.07) is 18.1. The van der Waals surface area contributed by atoms with Crippen molar-refractivity contribution in [3.05, 3.63) is 98.6 Å². The van der Waals surface area contributed by atoms with Gasteiger partial charge in [0, 0.05) is 23.4 Å². The molecule has 3 heterocycles. The van der Waals surface area contributed by atoms with Crippen molar-refractivity contribution in [3.8, 4) is 11.6 Å². The van der Waals surface area contributed by atoms with Crippen LogP contribution in [0.1, 0.15) is 22.5 Å². The van der Waals surface area contributed by atoms with Crippen molar-refractivity contribution in [2.75, 3.05) is 6.54 Å². The van der Waals surface area contributed by atoms with E-state index in [1.165, 1.54) is 16.7 Å². The van der Waals surface area contributed by atoms with Crippen LogP contribution in [0.25, 0.3) is 16.5 Å². The number of hydrogen-bond donors (Lipinski definition) is 1. The number of rotatable bonds is 4. The fourth-order valence-corrected chi connectivity index (χ4v) is 5.02. The molecular formula is C24H16N4O5. The Labute approximate surface area is 186 Å². The molecule has 6 rings (SSSR count). The van der Waals surface area contributed by atoms with Gasteiger partial charge in [0.05, 0.1) is 28.3 Å². The van der Waals surface area contributed by atoms with Gasteiger partial charge in [-0.05, 0) is 12.1 Å². The highest BCUT2D eigenvalue weighted by atomic mass is 16.6. The van der Waals surface area contributed by atoms with Crippen molar-refractivity contribution in [3.63, 3.8) is 0 Å². The van der Waals surface area contributed by atoms with Crippen LogP contribution < -0.4 is 5.69 Å². The summed E-state index contributed by atoms with van der Waals surface area (Å²) in [6.07, 6.45) is 0.237. The molecule has 0 aliphatic carbocycles. The Balaban J connectivity index is 1.61. The summed E-state index contributed by atoms with van der Waals surface area (Å²) in [7, 11) is 0. The first kappa shape index (κ1) is 19.2. The van der Waals surface area contributed by atoms with Crippen molar-refractivity contribution < 1.29 is 14.8 Å². The number of non-ortho nitro benzene ring substituents is 1. The number of aromatic nitrogens is 2. The Bertz CT molecular complexity index is 1600. The molecule has 1 atom stereocenters. The third-order valence-electron chi connectivity index (χ3n) is 6.50. The van der Waals surface area contributed by atoms with Crippen molar-refractivity contribution in [2.24, 2.45) is 4.99 Å². The van der Waals surface area contributed by atoms with E-state index in [0.29, 0.717) is 27.7 Å². The number of fused-ring (bicyclic) bond motifs is 6. The van der Waals surface area contributed by atoms with Crippen LogP contribution in [0.2, 0.25) is 0 Å². The van der Waals surface area contributed by atoms with Crippen LogP contribution in [0.15, 0.2) is 76.5 Å². The molecule has 0 radical (unpaired) electrons. The molecule has 1 aromatic heterocycles. The van der Waals surface area contributed by atoms with Crippen LogP contribution in [-0.2, 0) is 5.54 Å². The molecule has 0 spiro atoms. The summed E-state index contributed by atoms with van der Waals surface area (Å²) in [4.78, 5) is 42.7. The smallest absolute Gasteiger partial charge is 0.337 e. The lowest BCUT2D eigenvalue weighted by atomic mass is 9.88. The van der Waals surface area contributed by atoms with Crippen LogP contribution in [0.5, 0.6) is 5.88 Å². The average Bonchev–Trinajstić information content (AvgIpc) is 3.49. The maximum Gasteiger partial charge on any atom is 0.337 e. The third kappa shape index (κ3) is 2.38. The van der Waals surface area contributed by atoms with Crippen LogP contribution in [-0.4, -0.2) is 37.2 Å². The van der Waals surface area contributed by atoms with Gasteiger partial charge in [0.25, 0.3) is 5.69 Å². The molecule has 0 fully saturated rings. The number of carbonyl (C=O) groups excluding carboxylic acids is 1. The Morgan fingerprint density at radius 2 is 1.73 bits per heavy atom. The van der Waals surface area contributed by atoms with Crippen LogP contribution >= 0.6 is 0 Å². The maximum atomic E-state index is 13.7. The molecule has 0 saturated heterocycles. The second-order valence-electron chi connectivity index (χ2n) is 8.20. The van der Waals surface area contributed by atoms with E-state index in [-0.39, 0.29) is 36.0 Å². The second kappa shape index (κ2) is 6.49. The fourth-order valence-electron chi connectivity index (χ4n) is 5.02.